The summed E-state index contributed by atoms with van der Waals surface area (Å²) in [6.45, 7) is 17.0. The number of carboxylic acids is 1. The van der Waals surface area contributed by atoms with Crippen molar-refractivity contribution in [2.75, 3.05) is 107 Å². The van der Waals surface area contributed by atoms with Crippen molar-refractivity contribution < 1.29 is 122 Å². The number of ketones is 1. The number of phenolic OH excluding ortho intramolecular Hbond substituents is 1. The molecule has 34 heteroatoms. The Bertz CT molecular complexity index is 6530. The van der Waals surface area contributed by atoms with E-state index in [1.54, 1.807) is 170 Å². The van der Waals surface area contributed by atoms with E-state index in [4.69, 9.17) is 33.9 Å². The number of rotatable bonds is 23. The molecule has 7 amide bonds. The van der Waals surface area contributed by atoms with Gasteiger partial charge in [0.1, 0.15) is 42.0 Å². The lowest BCUT2D eigenvalue weighted by Gasteiger charge is -2.39. The highest BCUT2D eigenvalue weighted by atomic mass is 16.6. The molecule has 7 atom stereocenters. The maximum Gasteiger partial charge on any atom is 0.410 e. The normalized spacial score (nSPS) is 19.8. The van der Waals surface area contributed by atoms with Crippen LogP contribution >= 0.6 is 0 Å². The van der Waals surface area contributed by atoms with Crippen LogP contribution in [0.25, 0.3) is 28.0 Å². The molecule has 144 heavy (non-hydrogen) atoms. The maximum atomic E-state index is 13.3. The molecule has 17 rings (SSSR count). The van der Waals surface area contributed by atoms with Gasteiger partial charge in [0.05, 0.1) is 157 Å². The second-order valence-electron chi connectivity index (χ2n) is 36.9. The summed E-state index contributed by atoms with van der Waals surface area (Å²) in [5.41, 5.74) is 8.25. The van der Waals surface area contributed by atoms with Gasteiger partial charge in [-0.05, 0) is 149 Å². The van der Waals surface area contributed by atoms with Gasteiger partial charge in [-0.3, -0.25) is 53.0 Å². The SMILES string of the molecule is CC(=O)c1ccc(N2C(=O)C[C@@H]([NH+]3CCC(C(=O)O)CC3)C2=O)cc1.CC(C)(C)OC(=O)N1CC[NH+]([C@H]2CC(=O)N(c3ccc(O)cc3)C2=O)CC1.COc1ccc(C)cc1NC(=O)[C@H](OC(=O)c1cc(=O)[nH]c2ccccc12)c1ccccc1.COc1cccc(NC(=O)[C@@H](OC(=O)/C=C/c2cnc3ccccc3n2)c2ccccc2)c1.OCCC#Cc1ccc(C[NH+]2CC[C@@H]([NH+]3CCC(O)CC3)[C@H](O)C2)cc1. The number of hydrogen-bond acceptors (Lipinski definition) is 23. The van der Waals surface area contributed by atoms with Gasteiger partial charge in [-0.2, -0.15) is 0 Å². The highest BCUT2D eigenvalue weighted by Crippen LogP contribution is 2.32. The number of nitrogens with zero attached hydrogens (tertiary/aromatic N) is 5. The number of aromatic nitrogens is 3. The minimum atomic E-state index is -1.25. The third-order valence-corrected chi connectivity index (χ3v) is 25.6. The molecule has 8 heterocycles. The van der Waals surface area contributed by atoms with Crippen molar-refractivity contribution in [3.05, 3.63) is 298 Å². The van der Waals surface area contributed by atoms with E-state index in [1.807, 2.05) is 76.2 Å². The van der Waals surface area contributed by atoms with Crippen LogP contribution < -0.4 is 55.1 Å². The Balaban J connectivity index is 0.000000152. The number of ether oxygens (including phenoxy) is 5. The number of aliphatic hydroxyl groups excluding tert-OH is 3. The van der Waals surface area contributed by atoms with Crippen molar-refractivity contribution in [2.24, 2.45) is 5.92 Å². The molecule has 9 aromatic carbocycles. The van der Waals surface area contributed by atoms with Crippen molar-refractivity contribution in [1.29, 1.82) is 0 Å². The van der Waals surface area contributed by atoms with Crippen LogP contribution in [0.4, 0.5) is 27.5 Å². The molecule has 34 nitrogen and oxygen atoms in total. The number of fused-ring (bicyclic) bond motifs is 2. The smallest absolute Gasteiger partial charge is 0.410 e. The Morgan fingerprint density at radius 1 is 0.611 bits per heavy atom. The number of esters is 2. The summed E-state index contributed by atoms with van der Waals surface area (Å²) >= 11 is 0. The molecule has 6 fully saturated rings. The minimum absolute atomic E-state index is 0.0748. The molecule has 0 saturated carbocycles. The van der Waals surface area contributed by atoms with Crippen molar-refractivity contribution in [3.63, 3.8) is 0 Å². The first-order valence-corrected chi connectivity index (χ1v) is 48.0. The lowest BCUT2D eigenvalue weighted by molar-refractivity contribution is -0.971. The van der Waals surface area contributed by atoms with E-state index >= 15 is 0 Å². The summed E-state index contributed by atoms with van der Waals surface area (Å²) in [6, 6.07) is 65.5. The van der Waals surface area contributed by atoms with Crippen molar-refractivity contribution in [1.82, 2.24) is 19.9 Å². The second kappa shape index (κ2) is 50.3. The van der Waals surface area contributed by atoms with E-state index in [0.29, 0.717) is 138 Å². The van der Waals surface area contributed by atoms with Gasteiger partial charge in [0, 0.05) is 94.7 Å². The van der Waals surface area contributed by atoms with Crippen molar-refractivity contribution in [3.8, 4) is 29.1 Å². The lowest BCUT2D eigenvalue weighted by Crippen LogP contribution is -3.23. The third kappa shape index (κ3) is 28.9. The molecule has 0 radical (unpaired) electrons. The number of benzene rings is 9. The van der Waals surface area contributed by atoms with Crippen LogP contribution in [0, 0.1) is 24.7 Å². The van der Waals surface area contributed by atoms with Crippen LogP contribution in [0.1, 0.15) is 145 Å². The number of phenols is 1. The van der Waals surface area contributed by atoms with Crippen LogP contribution in [0.2, 0.25) is 0 Å². The van der Waals surface area contributed by atoms with Gasteiger partial charge in [-0.1, -0.05) is 127 Å². The van der Waals surface area contributed by atoms with Crippen LogP contribution in [-0.4, -0.2) is 233 Å². The first-order valence-electron chi connectivity index (χ1n) is 48.0. The number of carbonyl (C=O) groups excluding carboxylic acids is 10. The molecular weight excluding hydrogens is 1840 g/mol. The van der Waals surface area contributed by atoms with E-state index < -0.39 is 65.2 Å². The van der Waals surface area contributed by atoms with Crippen LogP contribution in [0.15, 0.2) is 248 Å². The zero-order valence-electron chi connectivity index (χ0n) is 81.3. The number of aromatic hydroxyl groups is 1. The fourth-order valence-corrected chi connectivity index (χ4v) is 18.1. The molecule has 0 spiro atoms. The molecule has 0 aliphatic carbocycles. The van der Waals surface area contributed by atoms with Crippen molar-refractivity contribution in [2.45, 2.75) is 141 Å². The molecule has 6 aliphatic heterocycles. The molecule has 1 unspecified atom stereocenters. The first-order chi connectivity index (χ1) is 69.3. The predicted octanol–water partition coefficient (Wildman–Crippen LogP) is 7.00. The summed E-state index contributed by atoms with van der Waals surface area (Å²) in [6.07, 6.45) is 5.79. The number of aromatic amines is 1. The number of H-pyrrole nitrogens is 1. The lowest BCUT2D eigenvalue weighted by atomic mass is 9.96. The third-order valence-electron chi connectivity index (χ3n) is 25.6. The Morgan fingerprint density at radius 2 is 1.19 bits per heavy atom. The van der Waals surface area contributed by atoms with Gasteiger partial charge in [0.2, 0.25) is 29.6 Å². The number of imide groups is 2. The number of aliphatic carboxylic acids is 1. The summed E-state index contributed by atoms with van der Waals surface area (Å²) in [4.78, 5) is 169. The molecule has 11 aromatic rings. The number of piperidine rings is 3. The van der Waals surface area contributed by atoms with Crippen LogP contribution in [0.5, 0.6) is 17.2 Å². The molecule has 12 N–H and O–H groups in total. The van der Waals surface area contributed by atoms with Gasteiger partial charge in [0.25, 0.3) is 23.6 Å². The average molecular weight is 1960 g/mol. The number of pyridine rings is 1. The molecular formula is C110H122N12O22+4. The van der Waals surface area contributed by atoms with E-state index in [2.05, 4.69) is 49.6 Å². The average Bonchev–Trinajstić information content (AvgIpc) is 1.59. The number of methoxy groups -OCH3 is 2. The number of quaternary nitrogens is 4. The zero-order valence-corrected chi connectivity index (χ0v) is 81.3. The molecule has 6 aliphatic rings. The number of anilines is 4. The Hall–Kier alpha value is -15.5. The van der Waals surface area contributed by atoms with Crippen LogP contribution in [0.3, 0.4) is 0 Å². The van der Waals surface area contributed by atoms with E-state index in [-0.39, 0.29) is 84.4 Å². The number of aryl methyl sites for hydroxylation is 1. The number of Topliss-reactive ketones (excluding diaryl/α,β-unsaturated/α-hetero) is 1. The van der Waals surface area contributed by atoms with E-state index in [1.165, 1.54) is 69.5 Å². The van der Waals surface area contributed by atoms with Gasteiger partial charge >= 0.3 is 24.0 Å². The monoisotopic (exact) mass is 1960 g/mol. The number of likely N-dealkylation sites (tertiary alicyclic amines) is 3. The largest absolute Gasteiger partial charge is 0.508 e. The standard InChI is InChI=1S/C26H21N3O4.C26H22N2O5.C21H30N2O3.C19H25N3O5.C18H20N2O5/c1-32-21-11-7-10-19(16-21)29-26(31)25(18-8-3-2-4-9-18)33-24(30)15-14-20-17-27-22-12-5-6-13-23(22)28-20;1-16-12-13-22(32-2)21(14-16)28-25(30)24(17-8-4-3-5-9-17)33-26(31)19-15-23(29)27-20-11-7-6-10-18(19)20;24-14-2-1-3-17-4-6-18(7-5-17)15-22-11-10-20(21(26)16-22)23-12-8-19(25)9-13-23;1-19(2,3)27-18(26)21-10-8-20(9-11-21)15-12-16(24)22(17(15)25)13-4-6-14(23)7-5-13;1-11(21)12-2-4-14(5-3-12)20-16(22)10-15(17(20)23)19-8-6-13(7-9-19)18(24)25/h2-17,25H,1H3,(H,29,31);3-15,24H,1-2H3,(H,27,29)(H,28,30);4-7,19-21,24-26H,2,8-16H2;4-7,15,23H,8-12H2,1-3H3;2-5,13,15H,6-10H2,1H3,(H,24,25)/p+4/b15-14+;;;;/t25-;24-;20-,21-;2*15-/m01101/s1. The summed E-state index contributed by atoms with van der Waals surface area (Å²) in [5.74, 6) is 2.47. The number of hydrogen-bond donors (Lipinski definition) is 12. The van der Waals surface area contributed by atoms with Crippen LogP contribution in [-0.2, 0) is 59.1 Å². The highest BCUT2D eigenvalue weighted by molar-refractivity contribution is 6.23. The number of aliphatic hydroxyl groups is 3. The Kier molecular flexibility index (Phi) is 36.9. The number of nitrogens with one attached hydrogen (secondary N) is 7. The maximum absolute atomic E-state index is 13.3. The fraction of sp³-hybridized carbons (Fsp3) is 0.327. The second-order valence-corrected chi connectivity index (χ2v) is 36.9. The zero-order chi connectivity index (χ0) is 103. The molecule has 2 aromatic heterocycles. The molecule has 6 saturated heterocycles. The van der Waals surface area contributed by atoms with Crippen molar-refractivity contribution >= 4 is 116 Å². The summed E-state index contributed by atoms with van der Waals surface area (Å²) in [5, 5.41) is 53.7. The van der Waals surface area contributed by atoms with Gasteiger partial charge in [0.15, 0.2) is 24.0 Å². The predicted molar refractivity (Wildman–Crippen MR) is 537 cm³/mol. The van der Waals surface area contributed by atoms with E-state index in [0.717, 1.165) is 78.4 Å². The summed E-state index contributed by atoms with van der Waals surface area (Å²) in [7, 11) is 3.05. The molecule has 750 valence electrons. The number of piperazine rings is 1. The van der Waals surface area contributed by atoms with Gasteiger partial charge < -0.3 is 84.4 Å². The Morgan fingerprint density at radius 3 is 1.79 bits per heavy atom. The topological polar surface area (TPSA) is 445 Å². The number of carboxylic acid groups (broad SMARTS) is 1. The first kappa shape index (κ1) is 106. The van der Waals surface area contributed by atoms with Gasteiger partial charge in [-0.15, -0.1) is 0 Å². The Labute approximate surface area is 833 Å². The highest BCUT2D eigenvalue weighted by Gasteiger charge is 2.49. The quantitative estimate of drug-likeness (QED) is 0.00766. The minimum Gasteiger partial charge on any atom is -0.508 e. The van der Waals surface area contributed by atoms with Gasteiger partial charge in [-0.25, -0.2) is 29.2 Å². The van der Waals surface area contributed by atoms with E-state index in [9.17, 15) is 72.9 Å². The fourth-order valence-electron chi connectivity index (χ4n) is 18.1. The number of carbonyl (C=O) groups is 11. The summed E-state index contributed by atoms with van der Waals surface area (Å²) < 4.78 is 27.1. The number of amides is 7. The molecule has 0 bridgehead atoms. The number of para-hydroxylation sites is 3.